The van der Waals surface area contributed by atoms with Crippen molar-refractivity contribution in [2.24, 2.45) is 5.92 Å². The van der Waals surface area contributed by atoms with Crippen LogP contribution in [0.4, 0.5) is 10.5 Å². The summed E-state index contributed by atoms with van der Waals surface area (Å²) in [5.41, 5.74) is 2.51. The van der Waals surface area contributed by atoms with Crippen LogP contribution in [0.15, 0.2) is 35.1 Å². The van der Waals surface area contributed by atoms with Gasteiger partial charge in [0.1, 0.15) is 6.26 Å². The first kappa shape index (κ1) is 16.5. The summed E-state index contributed by atoms with van der Waals surface area (Å²) in [5.74, 6) is 0.688. The van der Waals surface area contributed by atoms with Crippen molar-refractivity contribution in [2.75, 3.05) is 18.9 Å². The average Bonchev–Trinajstić information content (AvgIpc) is 3.22. The number of carbonyl (C=O) groups is 1. The smallest absolute Gasteiger partial charge is 0.321 e. The zero-order chi connectivity index (χ0) is 17.1. The molecule has 6 nitrogen and oxygen atoms in total. The lowest BCUT2D eigenvalue weighted by atomic mass is 10.1. The van der Waals surface area contributed by atoms with Crippen LogP contribution in [0.5, 0.6) is 0 Å². The fraction of sp³-hybridized carbons (Fsp3) is 0.444. The Hall–Kier alpha value is -2.34. The van der Waals surface area contributed by atoms with Gasteiger partial charge >= 0.3 is 6.03 Å². The van der Waals surface area contributed by atoms with Crippen molar-refractivity contribution in [3.05, 3.63) is 36.2 Å². The van der Waals surface area contributed by atoms with Crippen molar-refractivity contribution >= 4 is 11.7 Å². The zero-order valence-electron chi connectivity index (χ0n) is 14.0. The summed E-state index contributed by atoms with van der Waals surface area (Å²) in [5, 5.41) is 12.9. The molecule has 0 spiro atoms. The second-order valence-corrected chi connectivity index (χ2v) is 6.44. The number of carbonyl (C=O) groups excluding carboxylic acids is 1. The maximum atomic E-state index is 12.5. The molecule has 1 aliphatic carbocycles. The number of aliphatic hydroxyl groups is 1. The molecule has 3 rings (SSSR count). The van der Waals surface area contributed by atoms with E-state index < -0.39 is 0 Å². The summed E-state index contributed by atoms with van der Waals surface area (Å²) >= 11 is 0. The van der Waals surface area contributed by atoms with Crippen molar-refractivity contribution in [1.82, 2.24) is 9.88 Å². The van der Waals surface area contributed by atoms with Gasteiger partial charge in [-0.3, -0.25) is 0 Å². The number of nitrogens with zero attached hydrogens (tertiary/aromatic N) is 2. The molecule has 1 heterocycles. The van der Waals surface area contributed by atoms with Crippen molar-refractivity contribution < 1.29 is 14.3 Å². The number of aryl methyl sites for hydroxylation is 1. The number of aromatic nitrogens is 1. The predicted molar refractivity (Wildman–Crippen MR) is 91.7 cm³/mol. The molecule has 2 N–H and O–H groups in total. The zero-order valence-corrected chi connectivity index (χ0v) is 14.0. The molecule has 1 fully saturated rings. The fourth-order valence-corrected chi connectivity index (χ4v) is 3.13. The summed E-state index contributed by atoms with van der Waals surface area (Å²) in [6, 6.07) is 5.52. The van der Waals surface area contributed by atoms with E-state index in [0.717, 1.165) is 36.1 Å². The molecule has 2 unspecified atom stereocenters. The number of hydrogen-bond donors (Lipinski definition) is 2. The molecule has 1 aliphatic rings. The third kappa shape index (κ3) is 3.59. The van der Waals surface area contributed by atoms with E-state index in [9.17, 15) is 9.90 Å². The predicted octanol–water partition coefficient (Wildman–Crippen LogP) is 3.27. The molecule has 0 saturated heterocycles. The largest absolute Gasteiger partial charge is 0.445 e. The maximum absolute atomic E-state index is 12.5. The Morgan fingerprint density at radius 3 is 2.96 bits per heavy atom. The lowest BCUT2D eigenvalue weighted by molar-refractivity contribution is 0.116. The number of nitrogens with one attached hydrogen (secondary N) is 1. The van der Waals surface area contributed by atoms with E-state index in [1.54, 1.807) is 18.1 Å². The SMILES string of the molecule is Cc1ccc(-c2ncco2)cc1NC(=O)N(C)CC1CCCC1O. The number of urea groups is 1. The van der Waals surface area contributed by atoms with Gasteiger partial charge in [0, 0.05) is 30.8 Å². The van der Waals surface area contributed by atoms with Crippen LogP contribution in [0, 0.1) is 12.8 Å². The molecule has 0 bridgehead atoms. The quantitative estimate of drug-likeness (QED) is 0.902. The average molecular weight is 329 g/mol. The number of anilines is 1. The maximum Gasteiger partial charge on any atom is 0.321 e. The molecule has 0 aliphatic heterocycles. The summed E-state index contributed by atoms with van der Waals surface area (Å²) in [7, 11) is 1.76. The molecule has 2 aromatic rings. The Labute approximate surface area is 141 Å². The van der Waals surface area contributed by atoms with E-state index in [2.05, 4.69) is 10.3 Å². The number of aliphatic hydroxyl groups excluding tert-OH is 1. The summed E-state index contributed by atoms with van der Waals surface area (Å²) in [6.07, 6.45) is 5.64. The van der Waals surface area contributed by atoms with Crippen LogP contribution in [0.2, 0.25) is 0 Å². The van der Waals surface area contributed by atoms with E-state index in [0.29, 0.717) is 12.4 Å². The van der Waals surface area contributed by atoms with E-state index in [1.165, 1.54) is 6.26 Å². The van der Waals surface area contributed by atoms with Gasteiger partial charge in [-0.1, -0.05) is 12.5 Å². The number of benzene rings is 1. The van der Waals surface area contributed by atoms with Gasteiger partial charge in [0.2, 0.25) is 5.89 Å². The van der Waals surface area contributed by atoms with Gasteiger partial charge < -0.3 is 19.7 Å². The molecule has 2 atom stereocenters. The molecule has 1 saturated carbocycles. The number of oxazole rings is 1. The van der Waals surface area contributed by atoms with E-state index in [-0.39, 0.29) is 18.1 Å². The number of hydrogen-bond acceptors (Lipinski definition) is 4. The fourth-order valence-electron chi connectivity index (χ4n) is 3.13. The second kappa shape index (κ2) is 7.05. The van der Waals surface area contributed by atoms with Crippen molar-refractivity contribution in [3.8, 4) is 11.5 Å². The topological polar surface area (TPSA) is 78.6 Å². The first-order chi connectivity index (χ1) is 11.5. The highest BCUT2D eigenvalue weighted by Gasteiger charge is 2.27. The van der Waals surface area contributed by atoms with Gasteiger partial charge in [0.15, 0.2) is 0 Å². The van der Waals surface area contributed by atoms with Crippen LogP contribution in [0.3, 0.4) is 0 Å². The molecular weight excluding hydrogens is 306 g/mol. The van der Waals surface area contributed by atoms with Gasteiger partial charge in [0.05, 0.1) is 12.3 Å². The first-order valence-electron chi connectivity index (χ1n) is 8.25. The van der Waals surface area contributed by atoms with Gasteiger partial charge in [-0.2, -0.15) is 0 Å². The van der Waals surface area contributed by atoms with E-state index in [1.807, 2.05) is 25.1 Å². The van der Waals surface area contributed by atoms with Crippen LogP contribution in [-0.4, -0.2) is 40.7 Å². The normalized spacial score (nSPS) is 20.1. The van der Waals surface area contributed by atoms with Crippen molar-refractivity contribution in [1.29, 1.82) is 0 Å². The number of amides is 2. The van der Waals surface area contributed by atoms with Crippen LogP contribution in [0.1, 0.15) is 24.8 Å². The third-order valence-electron chi connectivity index (χ3n) is 4.63. The Morgan fingerprint density at radius 1 is 1.46 bits per heavy atom. The molecule has 1 aromatic carbocycles. The summed E-state index contributed by atoms with van der Waals surface area (Å²) in [4.78, 5) is 18.2. The minimum atomic E-state index is -0.296. The lowest BCUT2D eigenvalue weighted by Crippen LogP contribution is -2.37. The highest BCUT2D eigenvalue weighted by molar-refractivity contribution is 5.90. The molecular formula is C18H23N3O3. The van der Waals surface area contributed by atoms with E-state index >= 15 is 0 Å². The Morgan fingerprint density at radius 2 is 2.29 bits per heavy atom. The molecule has 2 amide bonds. The Kier molecular flexibility index (Phi) is 4.85. The van der Waals surface area contributed by atoms with Gasteiger partial charge in [-0.15, -0.1) is 0 Å². The van der Waals surface area contributed by atoms with Crippen LogP contribution in [-0.2, 0) is 0 Å². The molecule has 0 radical (unpaired) electrons. The van der Waals surface area contributed by atoms with Crippen LogP contribution in [0.25, 0.3) is 11.5 Å². The second-order valence-electron chi connectivity index (χ2n) is 6.44. The highest BCUT2D eigenvalue weighted by Crippen LogP contribution is 2.27. The lowest BCUT2D eigenvalue weighted by Gasteiger charge is -2.24. The van der Waals surface area contributed by atoms with Crippen LogP contribution >= 0.6 is 0 Å². The minimum absolute atomic E-state index is 0.167. The molecule has 128 valence electrons. The van der Waals surface area contributed by atoms with Crippen molar-refractivity contribution in [3.63, 3.8) is 0 Å². The number of rotatable bonds is 4. The first-order valence-corrected chi connectivity index (χ1v) is 8.25. The Balaban J connectivity index is 1.68. The van der Waals surface area contributed by atoms with Crippen LogP contribution < -0.4 is 5.32 Å². The summed E-state index contributed by atoms with van der Waals surface area (Å²) in [6.45, 7) is 2.50. The summed E-state index contributed by atoms with van der Waals surface area (Å²) < 4.78 is 5.31. The third-order valence-corrected chi connectivity index (χ3v) is 4.63. The molecule has 24 heavy (non-hydrogen) atoms. The Bertz CT molecular complexity index is 700. The molecule has 6 heteroatoms. The highest BCUT2D eigenvalue weighted by atomic mass is 16.3. The van der Waals surface area contributed by atoms with Gasteiger partial charge in [0.25, 0.3) is 0 Å². The standard InChI is InChI=1S/C18H23N3O3/c1-12-6-7-13(17-19-8-9-24-17)10-15(12)20-18(23)21(2)11-14-4-3-5-16(14)22/h6-10,14,16,22H,3-5,11H2,1-2H3,(H,20,23). The van der Waals surface area contributed by atoms with E-state index in [4.69, 9.17) is 4.42 Å². The minimum Gasteiger partial charge on any atom is -0.445 e. The molecule has 1 aromatic heterocycles. The van der Waals surface area contributed by atoms with Gasteiger partial charge in [-0.05, 0) is 37.5 Å². The van der Waals surface area contributed by atoms with Crippen molar-refractivity contribution in [2.45, 2.75) is 32.3 Å². The monoisotopic (exact) mass is 329 g/mol. The van der Waals surface area contributed by atoms with Gasteiger partial charge in [-0.25, -0.2) is 9.78 Å².